The molecule has 11 heteroatoms. The van der Waals surface area contributed by atoms with Crippen LogP contribution >= 0.6 is 31.9 Å². The zero-order chi connectivity index (χ0) is 38.9. The van der Waals surface area contributed by atoms with Crippen LogP contribution in [0.15, 0.2) is 171 Å². The number of hydrogen-bond acceptors (Lipinski definition) is 6. The topological polar surface area (TPSA) is 138 Å². The van der Waals surface area contributed by atoms with Crippen LogP contribution in [0.3, 0.4) is 0 Å². The number of carbonyl (C=O) groups excluding carboxylic acids is 1. The molecule has 0 spiro atoms. The Bertz CT molecular complexity index is 2650. The lowest BCUT2D eigenvalue weighted by Crippen LogP contribution is -2.20. The van der Waals surface area contributed by atoms with Crippen LogP contribution < -0.4 is 10.6 Å². The number of carbonyl (C=O) groups is 1. The summed E-state index contributed by atoms with van der Waals surface area (Å²) in [4.78, 5) is 26.5. The molecule has 6 aromatic carbocycles. The van der Waals surface area contributed by atoms with E-state index in [1.54, 1.807) is 12.4 Å². The molecule has 6 N–H and O–H groups in total. The summed E-state index contributed by atoms with van der Waals surface area (Å²) in [6.07, 6.45) is 3.36. The average Bonchev–Trinajstić information content (AvgIpc) is 3.84. The Kier molecular flexibility index (Phi) is 12.0. The van der Waals surface area contributed by atoms with Crippen LogP contribution in [0, 0.1) is 0 Å². The van der Waals surface area contributed by atoms with E-state index in [1.807, 2.05) is 152 Å². The smallest absolute Gasteiger partial charge is 0.233 e. The molecule has 1 aliphatic rings. The molecule has 0 saturated heterocycles. The van der Waals surface area contributed by atoms with Gasteiger partial charge in [0.2, 0.25) is 5.91 Å². The van der Waals surface area contributed by atoms with Gasteiger partial charge in [-0.2, -0.15) is 0 Å². The van der Waals surface area contributed by atoms with Gasteiger partial charge < -0.3 is 30.8 Å². The molecule has 1 aliphatic heterocycles. The first-order valence-corrected chi connectivity index (χ1v) is 19.3. The molecule has 0 fully saturated rings. The maximum absolute atomic E-state index is 11.9. The molecule has 1 unspecified atom stereocenters. The van der Waals surface area contributed by atoms with Gasteiger partial charge >= 0.3 is 0 Å². The van der Waals surface area contributed by atoms with E-state index in [1.165, 1.54) is 0 Å². The fourth-order valence-corrected chi connectivity index (χ4v) is 6.83. The largest absolute Gasteiger partial charge is 0.494 e. The lowest BCUT2D eigenvalue weighted by Gasteiger charge is -2.11. The zero-order valence-electron chi connectivity index (χ0n) is 29.8. The first-order chi connectivity index (χ1) is 27.3. The Morgan fingerprint density at radius 1 is 0.607 bits per heavy atom. The number of aromatic nitrogens is 2. The fourth-order valence-electron chi connectivity index (χ4n) is 6.18. The van der Waals surface area contributed by atoms with Gasteiger partial charge in [-0.15, -0.1) is 0 Å². The summed E-state index contributed by atoms with van der Waals surface area (Å²) in [5, 5.41) is 27.9. The number of aromatic amines is 2. The van der Waals surface area contributed by atoms with Gasteiger partial charge in [0.25, 0.3) is 0 Å². The molecule has 0 saturated carbocycles. The molecule has 1 atom stereocenters. The highest BCUT2D eigenvalue weighted by Crippen LogP contribution is 2.32. The van der Waals surface area contributed by atoms with Crippen LogP contribution in [0.4, 0.5) is 22.7 Å². The number of rotatable bonds is 7. The van der Waals surface area contributed by atoms with Gasteiger partial charge in [-0.05, 0) is 78.4 Å². The van der Waals surface area contributed by atoms with Crippen molar-refractivity contribution in [2.24, 2.45) is 9.98 Å². The Labute approximate surface area is 340 Å². The summed E-state index contributed by atoms with van der Waals surface area (Å²) in [6, 6.07) is 48.6. The van der Waals surface area contributed by atoms with Crippen LogP contribution in [0.2, 0.25) is 0 Å². The van der Waals surface area contributed by atoms with Gasteiger partial charge in [0.05, 0.1) is 28.4 Å². The van der Waals surface area contributed by atoms with Crippen LogP contribution in [-0.2, 0) is 4.79 Å². The van der Waals surface area contributed by atoms with E-state index in [9.17, 15) is 15.0 Å². The van der Waals surface area contributed by atoms with Crippen molar-refractivity contribution < 1.29 is 15.0 Å². The third-order valence-corrected chi connectivity index (χ3v) is 9.99. The molecular formula is C45H36Br2N6O3. The van der Waals surface area contributed by atoms with Gasteiger partial charge in [-0.3, -0.25) is 14.8 Å². The molecule has 0 radical (unpaired) electrons. The van der Waals surface area contributed by atoms with E-state index < -0.39 is 0 Å². The van der Waals surface area contributed by atoms with Crippen LogP contribution in [-0.4, -0.2) is 45.1 Å². The number of para-hydroxylation sites is 4. The molecule has 9 nitrogen and oxygen atoms in total. The number of nitrogens with one attached hydrogen (secondary N) is 4. The normalized spacial score (nSPS) is 13.2. The summed E-state index contributed by atoms with van der Waals surface area (Å²) >= 11 is 6.81. The maximum atomic E-state index is 11.9. The number of nitrogens with zero attached hydrogens (tertiary/aromatic N) is 2. The molecule has 9 rings (SSSR count). The SMILES string of the molecule is O=C1Nc2ccccc2C1CNc1ccc(Br)cc1.Oc1[nH]c2ccccc2c1C=Nc1cccc(Br)c1.Oc1[nH]c2ccccc2c1C=Nc1ccccc1. The minimum atomic E-state index is -0.125. The van der Waals surface area contributed by atoms with Crippen LogP contribution in [0.5, 0.6) is 11.8 Å². The molecule has 3 heterocycles. The van der Waals surface area contributed by atoms with Gasteiger partial charge in [-0.1, -0.05) is 111 Å². The number of benzene rings is 6. The standard InChI is InChI=1S/C15H11BrN2O.C15H13BrN2O.C15H12N2O/c16-10-4-3-5-11(8-10)17-9-13-12-6-1-2-7-14(12)18-15(13)19;16-10-5-7-11(8-6-10)17-9-13-12-3-1-2-4-14(12)18-15(13)19;18-15-13(10-16-11-6-2-1-3-7-11)12-8-4-5-9-14(12)17-15/h1-9,18-19H;1-8,13,17H,9H2,(H,18,19);1-10,17-18H. The Morgan fingerprint density at radius 3 is 1.80 bits per heavy atom. The quantitative estimate of drug-likeness (QED) is 0.0888. The van der Waals surface area contributed by atoms with Crippen molar-refractivity contribution in [2.75, 3.05) is 17.2 Å². The second-order valence-corrected chi connectivity index (χ2v) is 14.5. The number of aliphatic imine (C=N–C) groups is 2. The van der Waals surface area contributed by atoms with E-state index >= 15 is 0 Å². The van der Waals surface area contributed by atoms with Gasteiger partial charge in [0.15, 0.2) is 11.8 Å². The zero-order valence-corrected chi connectivity index (χ0v) is 33.0. The van der Waals surface area contributed by atoms with Crippen molar-refractivity contribution in [1.82, 2.24) is 9.97 Å². The first kappa shape index (κ1) is 37.9. The summed E-state index contributed by atoms with van der Waals surface area (Å²) in [5.41, 5.74) is 7.93. The van der Waals surface area contributed by atoms with E-state index in [-0.39, 0.29) is 23.6 Å². The number of anilines is 2. The number of hydrogen-bond donors (Lipinski definition) is 6. The molecule has 2 aromatic heterocycles. The molecule has 278 valence electrons. The Balaban J connectivity index is 0.000000129. The first-order valence-electron chi connectivity index (χ1n) is 17.7. The molecular weight excluding hydrogens is 832 g/mol. The molecule has 1 amide bonds. The predicted molar refractivity (Wildman–Crippen MR) is 235 cm³/mol. The highest BCUT2D eigenvalue weighted by Gasteiger charge is 2.29. The average molecular weight is 869 g/mol. The second-order valence-electron chi connectivity index (χ2n) is 12.7. The van der Waals surface area contributed by atoms with Gasteiger partial charge in [-0.25, -0.2) is 0 Å². The highest BCUT2D eigenvalue weighted by atomic mass is 79.9. The molecule has 0 aliphatic carbocycles. The van der Waals surface area contributed by atoms with E-state index in [2.05, 4.69) is 62.4 Å². The van der Waals surface area contributed by atoms with Crippen LogP contribution in [0.25, 0.3) is 21.8 Å². The summed E-state index contributed by atoms with van der Waals surface area (Å²) < 4.78 is 2.02. The van der Waals surface area contributed by atoms with Crippen molar-refractivity contribution in [3.8, 4) is 11.8 Å². The Hall–Kier alpha value is -6.43. The fraction of sp³-hybridized carbons (Fsp3) is 0.0444. The summed E-state index contributed by atoms with van der Waals surface area (Å²) in [5.74, 6) is 0.224. The van der Waals surface area contributed by atoms with Crippen molar-refractivity contribution in [2.45, 2.75) is 5.92 Å². The van der Waals surface area contributed by atoms with E-state index in [0.29, 0.717) is 12.1 Å². The third-order valence-electron chi connectivity index (χ3n) is 8.97. The minimum Gasteiger partial charge on any atom is -0.494 e. The van der Waals surface area contributed by atoms with Crippen molar-refractivity contribution in [3.63, 3.8) is 0 Å². The number of H-pyrrole nitrogens is 2. The van der Waals surface area contributed by atoms with Crippen molar-refractivity contribution in [3.05, 3.63) is 177 Å². The molecule has 8 aromatic rings. The molecule has 56 heavy (non-hydrogen) atoms. The van der Waals surface area contributed by atoms with E-state index in [0.717, 1.165) is 64.6 Å². The minimum absolute atomic E-state index is 0.0609. The number of amides is 1. The van der Waals surface area contributed by atoms with Gasteiger partial charge in [0, 0.05) is 61.1 Å². The summed E-state index contributed by atoms with van der Waals surface area (Å²) in [7, 11) is 0. The second kappa shape index (κ2) is 17.8. The Morgan fingerprint density at radius 2 is 1.16 bits per heavy atom. The monoisotopic (exact) mass is 866 g/mol. The molecule has 0 bridgehead atoms. The number of aromatic hydroxyl groups is 2. The van der Waals surface area contributed by atoms with Crippen molar-refractivity contribution >= 4 is 94.8 Å². The number of halogens is 2. The van der Waals surface area contributed by atoms with E-state index in [4.69, 9.17) is 0 Å². The van der Waals surface area contributed by atoms with Crippen molar-refractivity contribution in [1.29, 1.82) is 0 Å². The van der Waals surface area contributed by atoms with Crippen LogP contribution in [0.1, 0.15) is 22.6 Å². The summed E-state index contributed by atoms with van der Waals surface area (Å²) in [6.45, 7) is 0.602. The lowest BCUT2D eigenvalue weighted by atomic mass is 10.0. The highest BCUT2D eigenvalue weighted by molar-refractivity contribution is 9.10. The van der Waals surface area contributed by atoms with Gasteiger partial charge in [0.1, 0.15) is 0 Å². The third kappa shape index (κ3) is 9.26. The number of fused-ring (bicyclic) bond motifs is 3. The predicted octanol–water partition coefficient (Wildman–Crippen LogP) is 11.6. The lowest BCUT2D eigenvalue weighted by molar-refractivity contribution is -0.116. The maximum Gasteiger partial charge on any atom is 0.233 e.